The standard InChI is InChI=1S/C11H13BrF3NO2S/c1-8(12)7-16(2)19(17,18)10-6-4-3-5-9(10)11(13,14)15/h3-6,8H,7H2,1-2H3. The summed E-state index contributed by atoms with van der Waals surface area (Å²) >= 11 is 3.17. The third-order valence-corrected chi connectivity index (χ3v) is 4.56. The molecule has 0 saturated carbocycles. The highest BCUT2D eigenvalue weighted by Crippen LogP contribution is 2.34. The molecule has 0 heterocycles. The largest absolute Gasteiger partial charge is 0.417 e. The molecule has 8 heteroatoms. The van der Waals surface area contributed by atoms with Crippen LogP contribution in [0.2, 0.25) is 0 Å². The average molecular weight is 360 g/mol. The highest BCUT2D eigenvalue weighted by molar-refractivity contribution is 9.09. The molecule has 1 aromatic carbocycles. The SMILES string of the molecule is CC(Br)CN(C)S(=O)(=O)c1ccccc1C(F)(F)F. The second-order valence-electron chi connectivity index (χ2n) is 4.06. The van der Waals surface area contributed by atoms with E-state index >= 15 is 0 Å². The predicted octanol–water partition coefficient (Wildman–Crippen LogP) is 3.11. The molecule has 0 fully saturated rings. The van der Waals surface area contributed by atoms with Crippen LogP contribution in [0.4, 0.5) is 13.2 Å². The molecule has 0 bridgehead atoms. The Hall–Kier alpha value is -0.600. The molecule has 0 aliphatic heterocycles. The summed E-state index contributed by atoms with van der Waals surface area (Å²) in [4.78, 5) is -0.886. The molecule has 1 unspecified atom stereocenters. The molecule has 19 heavy (non-hydrogen) atoms. The molecule has 0 aliphatic carbocycles. The van der Waals surface area contributed by atoms with Gasteiger partial charge in [0.25, 0.3) is 0 Å². The van der Waals surface area contributed by atoms with Crippen molar-refractivity contribution < 1.29 is 21.6 Å². The molecule has 0 aliphatic rings. The Morgan fingerprint density at radius 1 is 1.32 bits per heavy atom. The smallest absolute Gasteiger partial charge is 0.207 e. The van der Waals surface area contributed by atoms with Crippen molar-refractivity contribution in [1.82, 2.24) is 4.31 Å². The summed E-state index contributed by atoms with van der Waals surface area (Å²) in [6, 6.07) is 4.16. The zero-order valence-electron chi connectivity index (χ0n) is 10.3. The van der Waals surface area contributed by atoms with Crippen LogP contribution in [-0.2, 0) is 16.2 Å². The minimum absolute atomic E-state index is 0.0779. The Morgan fingerprint density at radius 2 is 1.84 bits per heavy atom. The van der Waals surface area contributed by atoms with E-state index in [1.165, 1.54) is 13.1 Å². The molecule has 1 atom stereocenters. The normalized spacial score (nSPS) is 14.7. The Bertz CT molecular complexity index is 543. The van der Waals surface area contributed by atoms with Crippen molar-refractivity contribution in [2.24, 2.45) is 0 Å². The molecular formula is C11H13BrF3NO2S. The van der Waals surface area contributed by atoms with Crippen LogP contribution in [0.25, 0.3) is 0 Å². The first kappa shape index (κ1) is 16.5. The number of halogens is 4. The molecule has 0 radical (unpaired) electrons. The topological polar surface area (TPSA) is 37.4 Å². The van der Waals surface area contributed by atoms with Crippen molar-refractivity contribution in [3.05, 3.63) is 29.8 Å². The van der Waals surface area contributed by atoms with Gasteiger partial charge in [-0.05, 0) is 12.1 Å². The van der Waals surface area contributed by atoms with Gasteiger partial charge in [-0.1, -0.05) is 35.0 Å². The molecule has 3 nitrogen and oxygen atoms in total. The Kier molecular flexibility index (Phi) is 5.02. The first-order valence-electron chi connectivity index (χ1n) is 5.33. The van der Waals surface area contributed by atoms with Crippen LogP contribution in [0.15, 0.2) is 29.2 Å². The first-order chi connectivity index (χ1) is 8.56. The molecule has 108 valence electrons. The minimum atomic E-state index is -4.70. The third kappa shape index (κ3) is 3.93. The van der Waals surface area contributed by atoms with Gasteiger partial charge in [0, 0.05) is 18.4 Å². The molecule has 1 aromatic rings. The number of benzene rings is 1. The van der Waals surface area contributed by atoms with E-state index in [-0.39, 0.29) is 11.4 Å². The Morgan fingerprint density at radius 3 is 2.32 bits per heavy atom. The molecule has 0 spiro atoms. The van der Waals surface area contributed by atoms with E-state index in [0.717, 1.165) is 22.5 Å². The minimum Gasteiger partial charge on any atom is -0.207 e. The second kappa shape index (κ2) is 5.80. The highest BCUT2D eigenvalue weighted by Gasteiger charge is 2.38. The van der Waals surface area contributed by atoms with E-state index in [1.807, 2.05) is 0 Å². The Labute approximate surface area is 118 Å². The van der Waals surface area contributed by atoms with Crippen molar-refractivity contribution in [2.75, 3.05) is 13.6 Å². The van der Waals surface area contributed by atoms with Gasteiger partial charge in [-0.2, -0.15) is 17.5 Å². The lowest BCUT2D eigenvalue weighted by Crippen LogP contribution is -2.32. The van der Waals surface area contributed by atoms with Crippen LogP contribution in [0.3, 0.4) is 0 Å². The average Bonchev–Trinajstić information content (AvgIpc) is 2.27. The van der Waals surface area contributed by atoms with E-state index < -0.39 is 26.7 Å². The van der Waals surface area contributed by atoms with Crippen molar-refractivity contribution in [1.29, 1.82) is 0 Å². The van der Waals surface area contributed by atoms with E-state index in [9.17, 15) is 21.6 Å². The quantitative estimate of drug-likeness (QED) is 0.774. The number of nitrogens with zero attached hydrogens (tertiary/aromatic N) is 1. The molecule has 0 N–H and O–H groups in total. The maximum Gasteiger partial charge on any atom is 0.417 e. The van der Waals surface area contributed by atoms with Gasteiger partial charge in [0.15, 0.2) is 0 Å². The second-order valence-corrected chi connectivity index (χ2v) is 7.64. The summed E-state index contributed by atoms with van der Waals surface area (Å²) in [5.41, 5.74) is -1.15. The van der Waals surface area contributed by atoms with Crippen LogP contribution < -0.4 is 0 Å². The Balaban J connectivity index is 3.30. The van der Waals surface area contributed by atoms with Crippen molar-refractivity contribution in [2.45, 2.75) is 22.8 Å². The monoisotopic (exact) mass is 359 g/mol. The van der Waals surface area contributed by atoms with Crippen molar-refractivity contribution in [3.63, 3.8) is 0 Å². The van der Waals surface area contributed by atoms with Gasteiger partial charge in [-0.3, -0.25) is 0 Å². The van der Waals surface area contributed by atoms with Gasteiger partial charge in [-0.15, -0.1) is 0 Å². The van der Waals surface area contributed by atoms with Gasteiger partial charge in [0.05, 0.1) is 10.5 Å². The summed E-state index contributed by atoms with van der Waals surface area (Å²) in [6.07, 6.45) is -4.70. The fourth-order valence-electron chi connectivity index (χ4n) is 1.55. The summed E-state index contributed by atoms with van der Waals surface area (Å²) in [6.45, 7) is 1.79. The van der Waals surface area contributed by atoms with Crippen LogP contribution >= 0.6 is 15.9 Å². The summed E-state index contributed by atoms with van der Waals surface area (Å²) in [5.74, 6) is 0. The molecule has 0 saturated heterocycles. The highest BCUT2D eigenvalue weighted by atomic mass is 79.9. The van der Waals surface area contributed by atoms with E-state index in [0.29, 0.717) is 0 Å². The molecule has 0 amide bonds. The zero-order chi connectivity index (χ0) is 14.8. The fraction of sp³-hybridized carbons (Fsp3) is 0.455. The van der Waals surface area contributed by atoms with Gasteiger partial charge in [0.1, 0.15) is 0 Å². The maximum absolute atomic E-state index is 12.8. The number of sulfonamides is 1. The van der Waals surface area contributed by atoms with E-state index in [1.54, 1.807) is 6.92 Å². The number of hydrogen-bond donors (Lipinski definition) is 0. The van der Waals surface area contributed by atoms with Crippen molar-refractivity contribution in [3.8, 4) is 0 Å². The van der Waals surface area contributed by atoms with E-state index in [2.05, 4.69) is 15.9 Å². The lowest BCUT2D eigenvalue weighted by Gasteiger charge is -2.21. The zero-order valence-corrected chi connectivity index (χ0v) is 12.7. The lowest BCUT2D eigenvalue weighted by molar-refractivity contribution is -0.139. The van der Waals surface area contributed by atoms with Crippen LogP contribution in [-0.4, -0.2) is 31.1 Å². The summed E-state index contributed by atoms with van der Waals surface area (Å²) in [7, 11) is -2.91. The van der Waals surface area contributed by atoms with Gasteiger partial charge >= 0.3 is 6.18 Å². The van der Waals surface area contributed by atoms with Crippen molar-refractivity contribution >= 4 is 26.0 Å². The summed E-state index contributed by atoms with van der Waals surface area (Å²) in [5, 5.41) is 0. The van der Waals surface area contributed by atoms with Gasteiger partial charge < -0.3 is 0 Å². The van der Waals surface area contributed by atoms with Crippen LogP contribution in [0.1, 0.15) is 12.5 Å². The fourth-order valence-corrected chi connectivity index (χ4v) is 3.64. The predicted molar refractivity (Wildman–Crippen MR) is 69.6 cm³/mol. The van der Waals surface area contributed by atoms with Gasteiger partial charge in [0.2, 0.25) is 10.0 Å². The third-order valence-electron chi connectivity index (χ3n) is 2.39. The number of rotatable bonds is 4. The maximum atomic E-state index is 12.8. The van der Waals surface area contributed by atoms with Crippen LogP contribution in [0, 0.1) is 0 Å². The van der Waals surface area contributed by atoms with Crippen LogP contribution in [0.5, 0.6) is 0 Å². The number of alkyl halides is 4. The van der Waals surface area contributed by atoms with Gasteiger partial charge in [-0.25, -0.2) is 8.42 Å². The first-order valence-corrected chi connectivity index (χ1v) is 7.69. The number of hydrogen-bond acceptors (Lipinski definition) is 2. The van der Waals surface area contributed by atoms with E-state index in [4.69, 9.17) is 0 Å². The lowest BCUT2D eigenvalue weighted by atomic mass is 10.2. The molecular weight excluding hydrogens is 347 g/mol. The molecule has 1 rings (SSSR count). The molecule has 0 aromatic heterocycles. The summed E-state index contributed by atoms with van der Waals surface area (Å²) < 4.78 is 63.6.